The first-order chi connectivity index (χ1) is 19.2. The van der Waals surface area contributed by atoms with Gasteiger partial charge in [-0.15, -0.1) is 0 Å². The van der Waals surface area contributed by atoms with E-state index in [1.54, 1.807) is 20.4 Å². The minimum Gasteiger partial charge on any atom is -0.497 e. The fourth-order valence-electron chi connectivity index (χ4n) is 4.79. The highest BCUT2D eigenvalue weighted by Crippen LogP contribution is 2.44. The Morgan fingerprint density at radius 3 is 2.38 bits per heavy atom. The topological polar surface area (TPSA) is 80.7 Å². The van der Waals surface area contributed by atoms with Crippen LogP contribution in [0.1, 0.15) is 44.2 Å². The predicted octanol–water partition coefficient (Wildman–Crippen LogP) is 6.05. The number of thiocarbonyl (C=S) groups is 1. The van der Waals surface area contributed by atoms with E-state index in [9.17, 15) is 4.79 Å². The Hall–Kier alpha value is -4.37. The van der Waals surface area contributed by atoms with Gasteiger partial charge in [-0.1, -0.05) is 26.8 Å². The van der Waals surface area contributed by atoms with Gasteiger partial charge in [0.15, 0.2) is 5.11 Å². The van der Waals surface area contributed by atoms with E-state index in [1.165, 1.54) is 0 Å². The largest absolute Gasteiger partial charge is 0.497 e. The Morgan fingerprint density at radius 2 is 1.73 bits per heavy atom. The van der Waals surface area contributed by atoms with Gasteiger partial charge in [0.05, 0.1) is 31.6 Å². The molecule has 1 amide bonds. The SMILES string of the molecule is COc1ccc(-n2cccc2[C@@H]2[C@@H](c3ccccn3)NC(=S)N2c2ccc(NC(=O)C(C)(C)C)c(OC)c2)cc1. The number of pyridine rings is 1. The smallest absolute Gasteiger partial charge is 0.229 e. The molecular formula is C31H33N5O3S. The monoisotopic (exact) mass is 555 g/mol. The molecule has 9 heteroatoms. The number of carbonyl (C=O) groups excluding carboxylic acids is 1. The molecule has 1 saturated heterocycles. The van der Waals surface area contributed by atoms with Crippen LogP contribution < -0.4 is 25.0 Å². The third-order valence-corrected chi connectivity index (χ3v) is 7.24. The van der Waals surface area contributed by atoms with Crippen molar-refractivity contribution in [2.75, 3.05) is 24.4 Å². The maximum Gasteiger partial charge on any atom is 0.229 e. The lowest BCUT2D eigenvalue weighted by molar-refractivity contribution is -0.123. The molecule has 40 heavy (non-hydrogen) atoms. The quantitative estimate of drug-likeness (QED) is 0.269. The summed E-state index contributed by atoms with van der Waals surface area (Å²) in [5, 5.41) is 7.06. The van der Waals surface area contributed by atoms with Gasteiger partial charge < -0.3 is 29.6 Å². The van der Waals surface area contributed by atoms with Gasteiger partial charge in [-0.05, 0) is 72.9 Å². The molecule has 0 spiro atoms. The van der Waals surface area contributed by atoms with Gasteiger partial charge in [0, 0.05) is 40.9 Å². The maximum atomic E-state index is 12.7. The summed E-state index contributed by atoms with van der Waals surface area (Å²) < 4.78 is 13.2. The Labute approximate surface area is 239 Å². The van der Waals surface area contributed by atoms with E-state index in [2.05, 4.69) is 31.2 Å². The third kappa shape index (κ3) is 5.24. The first kappa shape index (κ1) is 27.2. The molecule has 206 valence electrons. The number of methoxy groups -OCH3 is 2. The Kier molecular flexibility index (Phi) is 7.49. The number of nitrogens with one attached hydrogen (secondary N) is 2. The summed E-state index contributed by atoms with van der Waals surface area (Å²) in [5.41, 5.74) is 3.78. The van der Waals surface area contributed by atoms with E-state index in [0.717, 1.165) is 28.5 Å². The van der Waals surface area contributed by atoms with Gasteiger partial charge in [-0.25, -0.2) is 0 Å². The minimum atomic E-state index is -0.544. The zero-order valence-electron chi connectivity index (χ0n) is 23.2. The number of amides is 1. The van der Waals surface area contributed by atoms with Crippen molar-refractivity contribution in [2.24, 2.45) is 5.41 Å². The number of benzene rings is 2. The van der Waals surface area contributed by atoms with E-state index in [1.807, 2.05) is 93.7 Å². The zero-order valence-corrected chi connectivity index (χ0v) is 24.0. The number of nitrogens with zero attached hydrogens (tertiary/aromatic N) is 3. The third-order valence-electron chi connectivity index (χ3n) is 6.92. The molecule has 3 heterocycles. The van der Waals surface area contributed by atoms with Crippen LogP contribution in [0.4, 0.5) is 11.4 Å². The fraction of sp³-hybridized carbons (Fsp3) is 0.258. The van der Waals surface area contributed by atoms with Crippen LogP contribution in [0.5, 0.6) is 11.5 Å². The molecule has 0 radical (unpaired) electrons. The van der Waals surface area contributed by atoms with E-state index >= 15 is 0 Å². The van der Waals surface area contributed by atoms with Gasteiger partial charge >= 0.3 is 0 Å². The average molecular weight is 556 g/mol. The van der Waals surface area contributed by atoms with Crippen molar-refractivity contribution in [1.29, 1.82) is 0 Å². The van der Waals surface area contributed by atoms with E-state index in [-0.39, 0.29) is 18.0 Å². The van der Waals surface area contributed by atoms with Gasteiger partial charge in [0.1, 0.15) is 17.5 Å². The zero-order chi connectivity index (χ0) is 28.4. The Bertz CT molecular complexity index is 1510. The molecular weight excluding hydrogens is 522 g/mol. The summed E-state index contributed by atoms with van der Waals surface area (Å²) >= 11 is 5.93. The molecule has 2 aromatic heterocycles. The van der Waals surface area contributed by atoms with Crippen molar-refractivity contribution in [3.8, 4) is 17.2 Å². The summed E-state index contributed by atoms with van der Waals surface area (Å²) in [4.78, 5) is 19.4. The molecule has 8 nitrogen and oxygen atoms in total. The van der Waals surface area contributed by atoms with Gasteiger partial charge in [-0.3, -0.25) is 9.78 Å². The molecule has 2 aromatic carbocycles. The number of hydrogen-bond donors (Lipinski definition) is 2. The number of aromatic nitrogens is 2. The van der Waals surface area contributed by atoms with Crippen LogP contribution in [0.3, 0.4) is 0 Å². The molecule has 0 bridgehead atoms. The average Bonchev–Trinajstić information content (AvgIpc) is 3.57. The standard InChI is InChI=1S/C31H33N5O3S/c1-31(2,3)29(37)33-23-16-13-21(19-26(23)39-5)36-28(27(34-30(36)40)24-9-6-7-17-32-24)25-10-8-18-35(25)20-11-14-22(38-4)15-12-20/h6-19,27-28H,1-5H3,(H,33,37)(H,34,40)/t27-,28-/m1/s1. The van der Waals surface area contributed by atoms with Crippen molar-refractivity contribution >= 4 is 34.6 Å². The molecule has 2 atom stereocenters. The van der Waals surface area contributed by atoms with Crippen molar-refractivity contribution < 1.29 is 14.3 Å². The molecule has 1 aliphatic heterocycles. The maximum absolute atomic E-state index is 12.7. The van der Waals surface area contributed by atoms with Crippen LogP contribution in [0.25, 0.3) is 5.69 Å². The summed E-state index contributed by atoms with van der Waals surface area (Å²) in [6, 6.07) is 23.2. The van der Waals surface area contributed by atoms with Crippen LogP contribution >= 0.6 is 12.2 Å². The van der Waals surface area contributed by atoms with Crippen molar-refractivity contribution in [1.82, 2.24) is 14.9 Å². The molecule has 2 N–H and O–H groups in total. The second-order valence-corrected chi connectivity index (χ2v) is 11.0. The lowest BCUT2D eigenvalue weighted by Crippen LogP contribution is -2.30. The van der Waals surface area contributed by atoms with Crippen LogP contribution in [-0.4, -0.2) is 34.8 Å². The van der Waals surface area contributed by atoms with E-state index in [4.69, 9.17) is 21.7 Å². The minimum absolute atomic E-state index is 0.0951. The van der Waals surface area contributed by atoms with Gasteiger partial charge in [0.2, 0.25) is 5.91 Å². The molecule has 0 aliphatic carbocycles. The molecule has 4 aromatic rings. The van der Waals surface area contributed by atoms with E-state index < -0.39 is 5.41 Å². The second-order valence-electron chi connectivity index (χ2n) is 10.6. The fourth-order valence-corrected chi connectivity index (χ4v) is 5.14. The second kappa shape index (κ2) is 11.0. The number of ether oxygens (including phenoxy) is 2. The molecule has 1 fully saturated rings. The van der Waals surface area contributed by atoms with Gasteiger partial charge in [-0.2, -0.15) is 0 Å². The Morgan fingerprint density at radius 1 is 0.975 bits per heavy atom. The number of hydrogen-bond acceptors (Lipinski definition) is 5. The van der Waals surface area contributed by atoms with Crippen LogP contribution in [0.15, 0.2) is 85.2 Å². The molecule has 1 aliphatic rings. The number of anilines is 2. The summed E-state index contributed by atoms with van der Waals surface area (Å²) in [6.07, 6.45) is 3.83. The van der Waals surface area contributed by atoms with Crippen molar-refractivity contribution in [2.45, 2.75) is 32.9 Å². The van der Waals surface area contributed by atoms with Crippen LogP contribution in [0.2, 0.25) is 0 Å². The van der Waals surface area contributed by atoms with Crippen LogP contribution in [0, 0.1) is 5.41 Å². The number of rotatable bonds is 7. The highest BCUT2D eigenvalue weighted by atomic mass is 32.1. The lowest BCUT2D eigenvalue weighted by Gasteiger charge is -2.29. The first-order valence-corrected chi connectivity index (χ1v) is 13.4. The van der Waals surface area contributed by atoms with Crippen molar-refractivity contribution in [3.63, 3.8) is 0 Å². The van der Waals surface area contributed by atoms with Gasteiger partial charge in [0.25, 0.3) is 0 Å². The summed E-state index contributed by atoms with van der Waals surface area (Å²) in [7, 11) is 3.25. The lowest BCUT2D eigenvalue weighted by atomic mass is 9.95. The molecule has 0 unspecified atom stereocenters. The molecule has 0 saturated carbocycles. The number of carbonyl (C=O) groups is 1. The Balaban J connectivity index is 1.60. The predicted molar refractivity (Wildman–Crippen MR) is 161 cm³/mol. The first-order valence-electron chi connectivity index (χ1n) is 13.0. The van der Waals surface area contributed by atoms with E-state index in [0.29, 0.717) is 16.5 Å². The summed E-state index contributed by atoms with van der Waals surface area (Å²) in [6.45, 7) is 5.62. The molecule has 5 rings (SSSR count). The normalized spacial score (nSPS) is 16.9. The highest BCUT2D eigenvalue weighted by molar-refractivity contribution is 7.80. The summed E-state index contributed by atoms with van der Waals surface area (Å²) in [5.74, 6) is 1.24. The highest BCUT2D eigenvalue weighted by Gasteiger charge is 2.42. The van der Waals surface area contributed by atoms with Crippen LogP contribution in [-0.2, 0) is 4.79 Å². The van der Waals surface area contributed by atoms with Crippen molar-refractivity contribution in [3.05, 3.63) is 96.6 Å².